The molecule has 1 heterocycles. The predicted octanol–water partition coefficient (Wildman–Crippen LogP) is 4.24. The van der Waals surface area contributed by atoms with E-state index in [1.807, 2.05) is 0 Å². The van der Waals surface area contributed by atoms with Crippen molar-refractivity contribution in [1.29, 1.82) is 0 Å². The quantitative estimate of drug-likeness (QED) is 0.810. The molecule has 0 aromatic heterocycles. The van der Waals surface area contributed by atoms with Crippen molar-refractivity contribution in [2.75, 3.05) is 20.2 Å². The molecule has 1 aromatic carbocycles. The molecule has 1 atom stereocenters. The van der Waals surface area contributed by atoms with Crippen LogP contribution in [0, 0.1) is 0 Å². The summed E-state index contributed by atoms with van der Waals surface area (Å²) < 4.78 is 5.57. The SMILES string of the molecule is COc1cccc2c1CC(N1CCCCCCC1)CC2.Cl. The highest BCUT2D eigenvalue weighted by Gasteiger charge is 2.26. The average Bonchev–Trinajstić information content (AvgIpc) is 2.46. The number of halogens is 1. The molecule has 1 aromatic rings. The molecular weight excluding hydrogens is 282 g/mol. The number of likely N-dealkylation sites (tertiary alicyclic amines) is 1. The number of hydrogen-bond donors (Lipinski definition) is 0. The lowest BCUT2D eigenvalue weighted by molar-refractivity contribution is 0.163. The van der Waals surface area contributed by atoms with Gasteiger partial charge in [-0.05, 0) is 62.4 Å². The van der Waals surface area contributed by atoms with Gasteiger partial charge in [-0.3, -0.25) is 0 Å². The number of rotatable bonds is 2. The zero-order valence-corrected chi connectivity index (χ0v) is 14.0. The third-order valence-electron chi connectivity index (χ3n) is 5.04. The molecule has 2 nitrogen and oxygen atoms in total. The standard InChI is InChI=1S/C18H27NO.ClH/c1-20-18-9-7-8-15-10-11-16(14-17(15)18)19-12-5-3-2-4-6-13-19;/h7-9,16H,2-6,10-14H2,1H3;1H. The lowest BCUT2D eigenvalue weighted by atomic mass is 9.86. The molecule has 118 valence electrons. The molecule has 21 heavy (non-hydrogen) atoms. The van der Waals surface area contributed by atoms with E-state index in [-0.39, 0.29) is 12.4 Å². The summed E-state index contributed by atoms with van der Waals surface area (Å²) in [6.45, 7) is 2.60. The van der Waals surface area contributed by atoms with Gasteiger partial charge in [0.25, 0.3) is 0 Å². The van der Waals surface area contributed by atoms with Crippen molar-refractivity contribution < 1.29 is 4.74 Å². The lowest BCUT2D eigenvalue weighted by Crippen LogP contribution is -2.41. The number of fused-ring (bicyclic) bond motifs is 1. The highest BCUT2D eigenvalue weighted by molar-refractivity contribution is 5.85. The zero-order chi connectivity index (χ0) is 13.8. The molecule has 0 radical (unpaired) electrons. The summed E-state index contributed by atoms with van der Waals surface area (Å²) in [5.74, 6) is 1.10. The Balaban J connectivity index is 0.00000161. The van der Waals surface area contributed by atoms with Crippen LogP contribution in [0.15, 0.2) is 18.2 Å². The van der Waals surface area contributed by atoms with E-state index in [0.29, 0.717) is 0 Å². The molecule has 1 saturated heterocycles. The van der Waals surface area contributed by atoms with Gasteiger partial charge >= 0.3 is 0 Å². The first-order valence-electron chi connectivity index (χ1n) is 8.27. The number of nitrogens with zero attached hydrogens (tertiary/aromatic N) is 1. The predicted molar refractivity (Wildman–Crippen MR) is 90.7 cm³/mol. The van der Waals surface area contributed by atoms with Crippen molar-refractivity contribution in [1.82, 2.24) is 4.90 Å². The largest absolute Gasteiger partial charge is 0.496 e. The van der Waals surface area contributed by atoms with Crippen molar-refractivity contribution in [3.05, 3.63) is 29.3 Å². The van der Waals surface area contributed by atoms with Gasteiger partial charge in [-0.1, -0.05) is 31.4 Å². The third kappa shape index (κ3) is 3.92. The Kier molecular flexibility index (Phi) is 6.38. The van der Waals surface area contributed by atoms with Gasteiger partial charge in [0.05, 0.1) is 7.11 Å². The van der Waals surface area contributed by atoms with E-state index in [1.54, 1.807) is 7.11 Å². The average molecular weight is 310 g/mol. The highest BCUT2D eigenvalue weighted by Crippen LogP contribution is 2.32. The molecule has 1 fully saturated rings. The van der Waals surface area contributed by atoms with Crippen molar-refractivity contribution in [3.63, 3.8) is 0 Å². The van der Waals surface area contributed by atoms with Crippen molar-refractivity contribution >= 4 is 12.4 Å². The summed E-state index contributed by atoms with van der Waals surface area (Å²) >= 11 is 0. The Morgan fingerprint density at radius 3 is 2.48 bits per heavy atom. The van der Waals surface area contributed by atoms with Gasteiger partial charge in [-0.15, -0.1) is 12.4 Å². The Morgan fingerprint density at radius 2 is 1.76 bits per heavy atom. The van der Waals surface area contributed by atoms with Crippen LogP contribution in [0.3, 0.4) is 0 Å². The number of ether oxygens (including phenoxy) is 1. The van der Waals surface area contributed by atoms with Gasteiger partial charge in [0.1, 0.15) is 5.75 Å². The van der Waals surface area contributed by atoms with E-state index in [2.05, 4.69) is 23.1 Å². The van der Waals surface area contributed by atoms with E-state index in [9.17, 15) is 0 Å². The molecule has 2 aliphatic rings. The van der Waals surface area contributed by atoms with E-state index >= 15 is 0 Å². The number of hydrogen-bond acceptors (Lipinski definition) is 2. The van der Waals surface area contributed by atoms with Crippen molar-refractivity contribution in [2.45, 2.75) is 57.4 Å². The van der Waals surface area contributed by atoms with Crippen LogP contribution >= 0.6 is 12.4 Å². The second kappa shape index (κ2) is 8.05. The molecule has 1 unspecified atom stereocenters. The maximum absolute atomic E-state index is 5.57. The Morgan fingerprint density at radius 1 is 1.05 bits per heavy atom. The molecular formula is C18H28ClNO. The monoisotopic (exact) mass is 309 g/mol. The van der Waals surface area contributed by atoms with Crippen LogP contribution in [-0.2, 0) is 12.8 Å². The summed E-state index contributed by atoms with van der Waals surface area (Å²) in [5, 5.41) is 0. The summed E-state index contributed by atoms with van der Waals surface area (Å²) in [4.78, 5) is 2.76. The molecule has 3 heteroatoms. The second-order valence-electron chi connectivity index (χ2n) is 6.30. The van der Waals surface area contributed by atoms with Gasteiger partial charge < -0.3 is 9.64 Å². The molecule has 1 aliphatic heterocycles. The van der Waals surface area contributed by atoms with Crippen molar-refractivity contribution in [2.24, 2.45) is 0 Å². The first-order valence-corrected chi connectivity index (χ1v) is 8.27. The number of methoxy groups -OCH3 is 1. The zero-order valence-electron chi connectivity index (χ0n) is 13.1. The smallest absolute Gasteiger partial charge is 0.122 e. The summed E-state index contributed by atoms with van der Waals surface area (Å²) in [7, 11) is 1.80. The molecule has 0 amide bonds. The molecule has 0 spiro atoms. The normalized spacial score (nSPS) is 23.4. The van der Waals surface area contributed by atoms with Gasteiger partial charge in [0.15, 0.2) is 0 Å². The molecule has 3 rings (SSSR count). The first kappa shape index (κ1) is 16.6. The van der Waals surface area contributed by atoms with Crippen LogP contribution in [0.2, 0.25) is 0 Å². The van der Waals surface area contributed by atoms with E-state index in [0.717, 1.165) is 11.8 Å². The van der Waals surface area contributed by atoms with Crippen molar-refractivity contribution in [3.8, 4) is 5.75 Å². The summed E-state index contributed by atoms with van der Waals surface area (Å²) in [6, 6.07) is 7.27. The minimum Gasteiger partial charge on any atom is -0.496 e. The Hall–Kier alpha value is -0.730. The minimum absolute atomic E-state index is 0. The molecule has 0 saturated carbocycles. The van der Waals surface area contributed by atoms with E-state index in [1.165, 1.54) is 75.6 Å². The van der Waals surface area contributed by atoms with E-state index in [4.69, 9.17) is 4.74 Å². The molecule has 1 aliphatic carbocycles. The first-order chi connectivity index (χ1) is 9.88. The van der Waals surface area contributed by atoms with Gasteiger partial charge in [0.2, 0.25) is 0 Å². The summed E-state index contributed by atoms with van der Waals surface area (Å²) in [5.41, 5.74) is 2.97. The fraction of sp³-hybridized carbons (Fsp3) is 0.667. The lowest BCUT2D eigenvalue weighted by Gasteiger charge is -2.36. The van der Waals surface area contributed by atoms with Crippen LogP contribution in [0.1, 0.15) is 49.7 Å². The minimum atomic E-state index is 0. The van der Waals surface area contributed by atoms with Crippen LogP contribution in [-0.4, -0.2) is 31.1 Å². The fourth-order valence-corrected chi connectivity index (χ4v) is 3.88. The topological polar surface area (TPSA) is 12.5 Å². The maximum Gasteiger partial charge on any atom is 0.122 e. The number of benzene rings is 1. The van der Waals surface area contributed by atoms with Gasteiger partial charge in [0, 0.05) is 6.04 Å². The summed E-state index contributed by atoms with van der Waals surface area (Å²) in [6.07, 6.45) is 10.8. The second-order valence-corrected chi connectivity index (χ2v) is 6.30. The maximum atomic E-state index is 5.57. The van der Waals surface area contributed by atoms with Crippen LogP contribution in [0.4, 0.5) is 0 Å². The number of aryl methyl sites for hydroxylation is 1. The van der Waals surface area contributed by atoms with Gasteiger partial charge in [-0.2, -0.15) is 0 Å². The fourth-order valence-electron chi connectivity index (χ4n) is 3.88. The van der Waals surface area contributed by atoms with Crippen LogP contribution in [0.25, 0.3) is 0 Å². The Labute approximate surface area is 135 Å². The van der Waals surface area contributed by atoms with Gasteiger partial charge in [-0.25, -0.2) is 0 Å². The van der Waals surface area contributed by atoms with E-state index < -0.39 is 0 Å². The molecule has 0 bridgehead atoms. The Bertz CT molecular complexity index is 427. The third-order valence-corrected chi connectivity index (χ3v) is 5.04. The highest BCUT2D eigenvalue weighted by atomic mass is 35.5. The van der Waals surface area contributed by atoms with Crippen LogP contribution in [0.5, 0.6) is 5.75 Å². The van der Waals surface area contributed by atoms with Crippen LogP contribution < -0.4 is 4.74 Å². The molecule has 0 N–H and O–H groups in total.